The number of rotatable bonds is 5. The minimum absolute atomic E-state index is 0.0907. The van der Waals surface area contributed by atoms with E-state index in [0.29, 0.717) is 17.5 Å². The fourth-order valence-corrected chi connectivity index (χ4v) is 2.11. The molecule has 0 aliphatic heterocycles. The molecule has 1 aromatic carbocycles. The lowest BCUT2D eigenvalue weighted by Gasteiger charge is -2.06. The molecule has 3 rings (SSSR count). The lowest BCUT2D eigenvalue weighted by molar-refractivity contribution is -0.112. The monoisotopic (exact) mass is 295 g/mol. The molecule has 5 nitrogen and oxygen atoms in total. The zero-order chi connectivity index (χ0) is 15.4. The molecule has 1 fully saturated rings. The highest BCUT2D eigenvalue weighted by Gasteiger charge is 2.23. The maximum Gasteiger partial charge on any atom is 0.248 e. The summed E-state index contributed by atoms with van der Waals surface area (Å²) in [4.78, 5) is 19.9. The molecule has 0 radical (unpaired) electrons. The number of allylic oxidation sites excluding steroid dienone is 1. The van der Waals surface area contributed by atoms with Gasteiger partial charge in [0.2, 0.25) is 11.8 Å². The summed E-state index contributed by atoms with van der Waals surface area (Å²) in [6.07, 6.45) is 8.78. The van der Waals surface area contributed by atoms with Gasteiger partial charge in [-0.25, -0.2) is 4.98 Å². The van der Waals surface area contributed by atoms with E-state index in [9.17, 15) is 4.79 Å². The summed E-state index contributed by atoms with van der Waals surface area (Å²) in [5, 5.41) is 2.85. The van der Waals surface area contributed by atoms with Gasteiger partial charge in [-0.2, -0.15) is 0 Å². The van der Waals surface area contributed by atoms with Gasteiger partial charge in [0.1, 0.15) is 5.75 Å². The Hall–Kier alpha value is -2.69. The van der Waals surface area contributed by atoms with Crippen LogP contribution in [0.1, 0.15) is 19.8 Å². The van der Waals surface area contributed by atoms with Crippen molar-refractivity contribution in [2.75, 3.05) is 5.32 Å². The van der Waals surface area contributed by atoms with Crippen LogP contribution >= 0.6 is 0 Å². The Kier molecular flexibility index (Phi) is 4.14. The SMILES string of the molecule is C/C(=C\C(=O)Nc1ccc(Oc2cnccn2)cc1)C1CC1. The van der Waals surface area contributed by atoms with Crippen LogP contribution in [0.3, 0.4) is 0 Å². The van der Waals surface area contributed by atoms with Gasteiger partial charge in [0.15, 0.2) is 0 Å². The topological polar surface area (TPSA) is 64.1 Å². The number of hydrogen-bond donors (Lipinski definition) is 1. The molecule has 0 atom stereocenters. The highest BCUT2D eigenvalue weighted by atomic mass is 16.5. The molecule has 0 spiro atoms. The van der Waals surface area contributed by atoms with Crippen LogP contribution in [0.25, 0.3) is 0 Å². The van der Waals surface area contributed by atoms with Crippen LogP contribution in [0.2, 0.25) is 0 Å². The molecule has 2 aromatic rings. The van der Waals surface area contributed by atoms with Gasteiger partial charge in [-0.15, -0.1) is 0 Å². The Bertz CT molecular complexity index is 677. The Morgan fingerprint density at radius 2 is 2.05 bits per heavy atom. The highest BCUT2D eigenvalue weighted by Crippen LogP contribution is 2.35. The first-order chi connectivity index (χ1) is 10.7. The minimum Gasteiger partial charge on any atom is -0.438 e. The second kappa shape index (κ2) is 6.39. The molecule has 1 aliphatic rings. The van der Waals surface area contributed by atoms with Crippen molar-refractivity contribution in [1.29, 1.82) is 0 Å². The van der Waals surface area contributed by atoms with Crippen molar-refractivity contribution in [3.8, 4) is 11.6 Å². The third kappa shape index (κ3) is 3.91. The summed E-state index contributed by atoms with van der Waals surface area (Å²) in [6.45, 7) is 2.01. The summed E-state index contributed by atoms with van der Waals surface area (Å²) in [5.41, 5.74) is 1.89. The van der Waals surface area contributed by atoms with Gasteiger partial charge in [-0.05, 0) is 49.9 Å². The first-order valence-corrected chi connectivity index (χ1v) is 7.24. The van der Waals surface area contributed by atoms with E-state index in [0.717, 1.165) is 11.3 Å². The van der Waals surface area contributed by atoms with Crippen molar-refractivity contribution in [1.82, 2.24) is 9.97 Å². The van der Waals surface area contributed by atoms with Crippen molar-refractivity contribution in [3.05, 3.63) is 54.5 Å². The van der Waals surface area contributed by atoms with E-state index < -0.39 is 0 Å². The fourth-order valence-electron chi connectivity index (χ4n) is 2.11. The van der Waals surface area contributed by atoms with Gasteiger partial charge in [0.05, 0.1) is 6.20 Å². The minimum atomic E-state index is -0.0907. The third-order valence-electron chi connectivity index (χ3n) is 3.46. The second-order valence-corrected chi connectivity index (χ2v) is 5.32. The average molecular weight is 295 g/mol. The van der Waals surface area contributed by atoms with Gasteiger partial charge in [-0.1, -0.05) is 5.57 Å². The van der Waals surface area contributed by atoms with E-state index in [-0.39, 0.29) is 5.91 Å². The van der Waals surface area contributed by atoms with Crippen molar-refractivity contribution in [2.45, 2.75) is 19.8 Å². The molecule has 1 amide bonds. The molecular weight excluding hydrogens is 278 g/mol. The van der Waals surface area contributed by atoms with Crippen LogP contribution in [0.5, 0.6) is 11.6 Å². The molecule has 1 aromatic heterocycles. The molecule has 1 saturated carbocycles. The fraction of sp³-hybridized carbons (Fsp3) is 0.235. The smallest absolute Gasteiger partial charge is 0.248 e. The Balaban J connectivity index is 1.59. The number of carbonyl (C=O) groups is 1. The molecule has 1 aliphatic carbocycles. The molecular formula is C17H17N3O2. The number of aromatic nitrogens is 2. The summed E-state index contributed by atoms with van der Waals surface area (Å²) in [5.74, 6) is 1.59. The average Bonchev–Trinajstić information content (AvgIpc) is 3.35. The van der Waals surface area contributed by atoms with Crippen molar-refractivity contribution in [2.24, 2.45) is 5.92 Å². The number of nitrogens with zero attached hydrogens (tertiary/aromatic N) is 2. The zero-order valence-corrected chi connectivity index (χ0v) is 12.3. The van der Waals surface area contributed by atoms with Gasteiger partial charge in [0.25, 0.3) is 0 Å². The van der Waals surface area contributed by atoms with Crippen LogP contribution in [-0.4, -0.2) is 15.9 Å². The standard InChI is InChI=1S/C17H17N3O2/c1-12(13-2-3-13)10-16(21)20-14-4-6-15(7-5-14)22-17-11-18-8-9-19-17/h4-11,13H,2-3H2,1H3,(H,20,21)/b12-10+. The number of hydrogen-bond acceptors (Lipinski definition) is 4. The molecule has 1 heterocycles. The number of benzene rings is 1. The zero-order valence-electron chi connectivity index (χ0n) is 12.3. The van der Waals surface area contributed by atoms with Gasteiger partial charge >= 0.3 is 0 Å². The van der Waals surface area contributed by atoms with E-state index in [1.165, 1.54) is 12.8 Å². The van der Waals surface area contributed by atoms with Crippen molar-refractivity contribution >= 4 is 11.6 Å². The Morgan fingerprint density at radius 3 is 2.68 bits per heavy atom. The summed E-state index contributed by atoms with van der Waals surface area (Å²) >= 11 is 0. The summed E-state index contributed by atoms with van der Waals surface area (Å²) < 4.78 is 5.54. The number of nitrogens with one attached hydrogen (secondary N) is 1. The van der Waals surface area contributed by atoms with Crippen LogP contribution < -0.4 is 10.1 Å². The molecule has 0 unspecified atom stereocenters. The van der Waals surface area contributed by atoms with E-state index in [1.807, 2.05) is 6.92 Å². The summed E-state index contributed by atoms with van der Waals surface area (Å²) in [7, 11) is 0. The van der Waals surface area contributed by atoms with Crippen molar-refractivity contribution < 1.29 is 9.53 Å². The first-order valence-electron chi connectivity index (χ1n) is 7.24. The molecule has 1 N–H and O–H groups in total. The largest absolute Gasteiger partial charge is 0.438 e. The van der Waals surface area contributed by atoms with E-state index in [4.69, 9.17) is 4.74 Å². The quantitative estimate of drug-likeness (QED) is 0.857. The van der Waals surface area contributed by atoms with Crippen LogP contribution in [0, 0.1) is 5.92 Å². The van der Waals surface area contributed by atoms with Crippen LogP contribution in [-0.2, 0) is 4.79 Å². The normalized spacial score (nSPS) is 14.5. The maximum atomic E-state index is 11.9. The third-order valence-corrected chi connectivity index (χ3v) is 3.46. The van der Waals surface area contributed by atoms with Gasteiger partial charge < -0.3 is 10.1 Å². The number of ether oxygens (including phenoxy) is 1. The molecule has 22 heavy (non-hydrogen) atoms. The lowest BCUT2D eigenvalue weighted by atomic mass is 10.2. The van der Waals surface area contributed by atoms with E-state index >= 15 is 0 Å². The first kappa shape index (κ1) is 14.3. The molecule has 0 bridgehead atoms. The van der Waals surface area contributed by atoms with Gasteiger partial charge in [0, 0.05) is 24.2 Å². The summed E-state index contributed by atoms with van der Waals surface area (Å²) in [6, 6.07) is 7.15. The molecule has 112 valence electrons. The number of carbonyl (C=O) groups excluding carboxylic acids is 1. The molecule has 0 saturated heterocycles. The van der Waals surface area contributed by atoms with Gasteiger partial charge in [-0.3, -0.25) is 9.78 Å². The highest BCUT2D eigenvalue weighted by molar-refractivity contribution is 5.99. The van der Waals surface area contributed by atoms with Crippen LogP contribution in [0.15, 0.2) is 54.5 Å². The molecule has 5 heteroatoms. The van der Waals surface area contributed by atoms with Crippen molar-refractivity contribution in [3.63, 3.8) is 0 Å². The second-order valence-electron chi connectivity index (χ2n) is 5.32. The van der Waals surface area contributed by atoms with E-state index in [1.54, 1.807) is 48.9 Å². The number of anilines is 1. The predicted molar refractivity (Wildman–Crippen MR) is 83.7 cm³/mol. The van der Waals surface area contributed by atoms with E-state index in [2.05, 4.69) is 15.3 Å². The maximum absolute atomic E-state index is 11.9. The number of amides is 1. The Labute approximate surface area is 129 Å². The Morgan fingerprint density at radius 1 is 1.27 bits per heavy atom. The predicted octanol–water partition coefficient (Wildman–Crippen LogP) is 3.56. The lowest BCUT2D eigenvalue weighted by Crippen LogP contribution is -2.08. The van der Waals surface area contributed by atoms with Crippen LogP contribution in [0.4, 0.5) is 5.69 Å².